The van der Waals surface area contributed by atoms with Gasteiger partial charge in [0.05, 0.1) is 0 Å². The fourth-order valence-electron chi connectivity index (χ4n) is 2.18. The molecule has 0 radical (unpaired) electrons. The van der Waals surface area contributed by atoms with E-state index in [1.165, 1.54) is 22.0 Å². The van der Waals surface area contributed by atoms with Crippen LogP contribution < -0.4 is 15.9 Å². The van der Waals surface area contributed by atoms with E-state index in [1.807, 2.05) is 0 Å². The van der Waals surface area contributed by atoms with Crippen LogP contribution >= 0.6 is 7.92 Å². The van der Waals surface area contributed by atoms with Gasteiger partial charge < -0.3 is 4.55 Å². The van der Waals surface area contributed by atoms with Crippen LogP contribution in [0.15, 0.2) is 104 Å². The smallest absolute Gasteiger partial charge is 0.741 e. The molecule has 0 fully saturated rings. The first-order valence-electron chi connectivity index (χ1n) is 8.49. The molecule has 0 aromatic heterocycles. The molecule has 0 saturated heterocycles. The van der Waals surface area contributed by atoms with Gasteiger partial charge >= 0.3 is 25.9 Å². The van der Waals surface area contributed by atoms with Gasteiger partial charge in [0.1, 0.15) is 0 Å². The van der Waals surface area contributed by atoms with Crippen LogP contribution in [-0.2, 0) is 30.5 Å². The Kier molecular flexibility index (Phi) is 13.3. The second-order valence-electron chi connectivity index (χ2n) is 5.53. The van der Waals surface area contributed by atoms with Crippen molar-refractivity contribution in [3.63, 3.8) is 0 Å². The van der Waals surface area contributed by atoms with E-state index < -0.39 is 23.5 Å². The molecule has 3 aromatic carbocycles. The van der Waals surface area contributed by atoms with Crippen LogP contribution in [0.3, 0.4) is 0 Å². The van der Waals surface area contributed by atoms with Gasteiger partial charge in [-0.05, 0) is 23.8 Å². The maximum Gasteiger partial charge on any atom is 2.00 e. The average Bonchev–Trinajstić information content (AvgIpc) is 2.70. The normalized spacial score (nSPS) is 10.5. The minimum atomic E-state index is -6.09. The fraction of sp³-hybridized carbons (Fsp3) is 0.0455. The predicted molar refractivity (Wildman–Crippen MR) is 116 cm³/mol. The van der Waals surface area contributed by atoms with E-state index in [0.29, 0.717) is 0 Å². The summed E-state index contributed by atoms with van der Waals surface area (Å²) in [6, 6.07) is 32.3. The molecule has 168 valence electrons. The Hall–Kier alpha value is -1.94. The molecular weight excluding hydrogens is 539 g/mol. The predicted octanol–water partition coefficient (Wildman–Crippen LogP) is 4.50. The van der Waals surface area contributed by atoms with E-state index in [9.17, 15) is 13.2 Å². The van der Waals surface area contributed by atoms with Crippen LogP contribution in [0.2, 0.25) is 0 Å². The van der Waals surface area contributed by atoms with Gasteiger partial charge in [-0.25, -0.2) is 28.0 Å². The Morgan fingerprint density at radius 1 is 0.774 bits per heavy atom. The summed E-state index contributed by atoms with van der Waals surface area (Å²) >= 11 is 0. The maximum absolute atomic E-state index is 10.7. The molecule has 0 amide bonds. The third-order valence-electron chi connectivity index (χ3n) is 3.33. The SMILES string of the molecule is C=C[CH2-].O=S(=O)([O-])C(F)(F)F.[Pd+2].c1ccc(P(c2ccccc2)c2ccccc2)cc1. The summed E-state index contributed by atoms with van der Waals surface area (Å²) in [4.78, 5) is 0. The Morgan fingerprint density at radius 3 is 1.13 bits per heavy atom. The van der Waals surface area contributed by atoms with E-state index in [0.717, 1.165) is 0 Å². The molecule has 0 aliphatic rings. The molecule has 0 bridgehead atoms. The second kappa shape index (κ2) is 14.2. The van der Waals surface area contributed by atoms with E-state index in [1.54, 1.807) is 0 Å². The molecule has 0 aliphatic carbocycles. The van der Waals surface area contributed by atoms with Crippen molar-refractivity contribution in [3.05, 3.63) is 111 Å². The largest absolute Gasteiger partial charge is 2.00 e. The Morgan fingerprint density at radius 2 is 0.968 bits per heavy atom. The van der Waals surface area contributed by atoms with Gasteiger partial charge in [0.2, 0.25) is 0 Å². The maximum atomic E-state index is 10.7. The van der Waals surface area contributed by atoms with Gasteiger partial charge in [-0.2, -0.15) is 13.2 Å². The molecule has 0 aliphatic heterocycles. The minimum Gasteiger partial charge on any atom is -0.741 e. The van der Waals surface area contributed by atoms with Crippen molar-refractivity contribution in [1.29, 1.82) is 0 Å². The molecule has 0 N–H and O–H groups in total. The van der Waals surface area contributed by atoms with Gasteiger partial charge in [-0.15, -0.1) is 0 Å². The summed E-state index contributed by atoms with van der Waals surface area (Å²) in [7, 11) is -6.54. The summed E-state index contributed by atoms with van der Waals surface area (Å²) in [6.07, 6.45) is 1.50. The molecule has 3 rings (SSSR count). The van der Waals surface area contributed by atoms with Crippen molar-refractivity contribution in [2.24, 2.45) is 0 Å². The molecule has 0 spiro atoms. The summed E-state index contributed by atoms with van der Waals surface area (Å²) in [6.45, 7) is 6.50. The Balaban J connectivity index is 0.000000638. The fourth-order valence-corrected chi connectivity index (χ4v) is 4.48. The van der Waals surface area contributed by atoms with Gasteiger partial charge in [-0.1, -0.05) is 91.0 Å². The zero-order valence-electron chi connectivity index (χ0n) is 16.2. The van der Waals surface area contributed by atoms with E-state index in [-0.39, 0.29) is 20.4 Å². The van der Waals surface area contributed by atoms with Crippen molar-refractivity contribution in [1.82, 2.24) is 0 Å². The van der Waals surface area contributed by atoms with Crippen LogP contribution in [0.25, 0.3) is 0 Å². The summed E-state index contributed by atoms with van der Waals surface area (Å²) in [5, 5.41) is 4.19. The third kappa shape index (κ3) is 10.3. The number of benzene rings is 3. The third-order valence-corrected chi connectivity index (χ3v) is 6.34. The number of hydrogen-bond acceptors (Lipinski definition) is 3. The average molecular weight is 559 g/mol. The van der Waals surface area contributed by atoms with Crippen LogP contribution in [0.1, 0.15) is 0 Å². The van der Waals surface area contributed by atoms with E-state index in [4.69, 9.17) is 13.0 Å². The summed E-state index contributed by atoms with van der Waals surface area (Å²) < 4.78 is 58.9. The first kappa shape index (κ1) is 29.1. The molecule has 9 heteroatoms. The van der Waals surface area contributed by atoms with Crippen LogP contribution in [-0.4, -0.2) is 18.5 Å². The molecular formula is C22H20F3O3PPdS. The van der Waals surface area contributed by atoms with Gasteiger partial charge in [0.25, 0.3) is 0 Å². The topological polar surface area (TPSA) is 57.2 Å². The van der Waals surface area contributed by atoms with Crippen LogP contribution in [0.4, 0.5) is 13.2 Å². The monoisotopic (exact) mass is 558 g/mol. The quantitative estimate of drug-likeness (QED) is 0.156. The molecule has 3 aromatic rings. The van der Waals surface area contributed by atoms with Crippen molar-refractivity contribution >= 4 is 34.0 Å². The van der Waals surface area contributed by atoms with Gasteiger partial charge in [0.15, 0.2) is 10.1 Å². The van der Waals surface area contributed by atoms with Crippen LogP contribution in [0, 0.1) is 6.92 Å². The molecule has 31 heavy (non-hydrogen) atoms. The zero-order chi connectivity index (χ0) is 22.6. The molecule has 3 nitrogen and oxygen atoms in total. The van der Waals surface area contributed by atoms with Crippen molar-refractivity contribution in [2.45, 2.75) is 5.51 Å². The molecule has 0 heterocycles. The second-order valence-corrected chi connectivity index (χ2v) is 9.12. The number of rotatable bonds is 3. The number of alkyl halides is 3. The number of hydrogen-bond donors (Lipinski definition) is 0. The summed E-state index contributed by atoms with van der Waals surface area (Å²) in [5.41, 5.74) is -5.65. The standard InChI is InChI=1S/C18H15P.C3H5.CHF3O3S.Pd/c1-4-10-16(11-5-1)19(17-12-6-2-7-13-17)18-14-8-3-9-15-18;1-3-2;2-1(3,4)8(5,6)7;/h1-15H;3H,1-2H2;(H,5,6,7);/q;-1;;+2/p-1. The van der Waals surface area contributed by atoms with Crippen molar-refractivity contribution in [2.75, 3.05) is 0 Å². The van der Waals surface area contributed by atoms with E-state index >= 15 is 0 Å². The Labute approximate surface area is 196 Å². The number of allylic oxidation sites excluding steroid dienone is 1. The zero-order valence-corrected chi connectivity index (χ0v) is 19.4. The first-order chi connectivity index (χ1) is 14.1. The van der Waals surface area contributed by atoms with Gasteiger partial charge in [0, 0.05) is 0 Å². The molecule has 0 saturated carbocycles. The minimum absolute atomic E-state index is 0. The number of halogens is 3. The summed E-state index contributed by atoms with van der Waals surface area (Å²) in [5.74, 6) is 0. The van der Waals surface area contributed by atoms with Crippen LogP contribution in [0.5, 0.6) is 0 Å². The van der Waals surface area contributed by atoms with Crippen molar-refractivity contribution in [3.8, 4) is 0 Å². The Bertz CT molecular complexity index is 891. The van der Waals surface area contributed by atoms with E-state index in [2.05, 4.69) is 104 Å². The molecule has 0 unspecified atom stereocenters. The molecule has 0 atom stereocenters. The first-order valence-corrected chi connectivity index (χ1v) is 11.2. The van der Waals surface area contributed by atoms with Gasteiger partial charge in [-0.3, -0.25) is 0 Å². The van der Waals surface area contributed by atoms with Crippen molar-refractivity contribution < 1.29 is 46.6 Å².